The van der Waals surface area contributed by atoms with Gasteiger partial charge >= 0.3 is 0 Å². The summed E-state index contributed by atoms with van der Waals surface area (Å²) in [5.41, 5.74) is 1.21. The largest absolute Gasteiger partial charge is 0.244 e. The van der Waals surface area contributed by atoms with E-state index in [1.165, 1.54) is 21.2 Å². The van der Waals surface area contributed by atoms with Crippen molar-refractivity contribution in [1.82, 2.24) is 4.98 Å². The zero-order chi connectivity index (χ0) is 11.0. The normalized spacial score (nSPS) is 10.8. The van der Waals surface area contributed by atoms with Gasteiger partial charge in [-0.3, -0.25) is 0 Å². The maximum absolute atomic E-state index is 4.41. The molecule has 0 amide bonds. The highest BCUT2D eigenvalue weighted by Crippen LogP contribution is 2.27. The maximum atomic E-state index is 4.41. The average molecular weight is 225 g/mol. The molecule has 0 aliphatic carbocycles. The smallest absolute Gasteiger partial charge is 0.123 e. The number of benzene rings is 2. The van der Waals surface area contributed by atoms with E-state index < -0.39 is 0 Å². The third kappa shape index (κ3) is 1.61. The molecule has 3 aromatic rings. The van der Waals surface area contributed by atoms with E-state index in [1.807, 2.05) is 6.20 Å². The molecule has 0 radical (unpaired) electrons. The monoisotopic (exact) mass is 225 g/mol. The molecular weight excluding hydrogens is 214 g/mol. The number of aromatic nitrogens is 1. The van der Waals surface area contributed by atoms with Gasteiger partial charge in [0.05, 0.1) is 0 Å². The second-order valence-corrected chi connectivity index (χ2v) is 5.07. The van der Waals surface area contributed by atoms with Gasteiger partial charge in [0.2, 0.25) is 0 Å². The first-order valence-corrected chi connectivity index (χ1v) is 6.06. The van der Waals surface area contributed by atoms with Crippen LogP contribution in [0.25, 0.3) is 21.3 Å². The predicted octanol–water partition coefficient (Wildman–Crippen LogP) is 4.27. The maximum Gasteiger partial charge on any atom is 0.123 e. The zero-order valence-corrected chi connectivity index (χ0v) is 9.79. The summed E-state index contributed by atoms with van der Waals surface area (Å²) in [5, 5.41) is 3.65. The van der Waals surface area contributed by atoms with Crippen LogP contribution in [-0.4, -0.2) is 4.98 Å². The molecule has 16 heavy (non-hydrogen) atoms. The molecule has 0 spiro atoms. The summed E-state index contributed by atoms with van der Waals surface area (Å²) in [4.78, 5) is 5.66. The van der Waals surface area contributed by atoms with Crippen LogP contribution in [0.4, 0.5) is 0 Å². The van der Waals surface area contributed by atoms with Gasteiger partial charge in [-0.1, -0.05) is 36.4 Å². The minimum atomic E-state index is 1.10. The van der Waals surface area contributed by atoms with Gasteiger partial charge in [-0.15, -0.1) is 11.3 Å². The van der Waals surface area contributed by atoms with Crippen molar-refractivity contribution in [3.63, 3.8) is 0 Å². The van der Waals surface area contributed by atoms with E-state index in [9.17, 15) is 0 Å². The van der Waals surface area contributed by atoms with Crippen LogP contribution in [0.2, 0.25) is 0 Å². The highest BCUT2D eigenvalue weighted by atomic mass is 32.1. The Morgan fingerprint density at radius 2 is 1.81 bits per heavy atom. The van der Waals surface area contributed by atoms with Crippen LogP contribution in [-0.2, 0) is 0 Å². The van der Waals surface area contributed by atoms with E-state index in [0.717, 1.165) is 5.01 Å². The van der Waals surface area contributed by atoms with Crippen LogP contribution in [0.3, 0.4) is 0 Å². The van der Waals surface area contributed by atoms with Crippen molar-refractivity contribution in [1.29, 1.82) is 0 Å². The van der Waals surface area contributed by atoms with Crippen LogP contribution < -0.4 is 0 Å². The van der Waals surface area contributed by atoms with E-state index >= 15 is 0 Å². The van der Waals surface area contributed by atoms with Crippen molar-refractivity contribution < 1.29 is 0 Å². The molecule has 1 heterocycles. The Balaban J connectivity index is 2.18. The molecule has 0 saturated heterocycles. The summed E-state index contributed by atoms with van der Waals surface area (Å²) in [6.45, 7) is 2.09. The third-order valence-electron chi connectivity index (χ3n) is 2.62. The molecule has 0 unspecified atom stereocenters. The molecule has 2 heteroatoms. The number of nitrogens with zero attached hydrogens (tertiary/aromatic N) is 1. The van der Waals surface area contributed by atoms with Crippen LogP contribution in [0.15, 0.2) is 48.7 Å². The van der Waals surface area contributed by atoms with Crippen molar-refractivity contribution >= 4 is 22.1 Å². The Morgan fingerprint density at radius 1 is 1.00 bits per heavy atom. The lowest BCUT2D eigenvalue weighted by atomic mass is 10.1. The summed E-state index contributed by atoms with van der Waals surface area (Å²) in [6.07, 6.45) is 1.93. The van der Waals surface area contributed by atoms with Crippen LogP contribution >= 0.6 is 11.3 Å². The average Bonchev–Trinajstić information content (AvgIpc) is 2.75. The molecule has 0 atom stereocenters. The number of rotatable bonds is 1. The van der Waals surface area contributed by atoms with Crippen molar-refractivity contribution in [2.24, 2.45) is 0 Å². The van der Waals surface area contributed by atoms with E-state index in [1.54, 1.807) is 11.3 Å². The van der Waals surface area contributed by atoms with Gasteiger partial charge in [0, 0.05) is 16.6 Å². The van der Waals surface area contributed by atoms with Crippen molar-refractivity contribution in [2.45, 2.75) is 6.92 Å². The third-order valence-corrected chi connectivity index (χ3v) is 3.58. The molecule has 0 fully saturated rings. The number of hydrogen-bond acceptors (Lipinski definition) is 2. The lowest BCUT2D eigenvalue weighted by Gasteiger charge is -2.00. The molecule has 78 valence electrons. The molecule has 1 nitrogen and oxygen atoms in total. The molecule has 3 rings (SSSR count). The van der Waals surface area contributed by atoms with Crippen LogP contribution in [0.1, 0.15) is 4.88 Å². The molecule has 2 aromatic carbocycles. The molecule has 0 N–H and O–H groups in total. The number of hydrogen-bond donors (Lipinski definition) is 0. The molecule has 0 aliphatic rings. The van der Waals surface area contributed by atoms with E-state index in [4.69, 9.17) is 0 Å². The van der Waals surface area contributed by atoms with Gasteiger partial charge in [-0.25, -0.2) is 4.98 Å². The quantitative estimate of drug-likeness (QED) is 0.602. The Bertz CT molecular complexity index is 640. The van der Waals surface area contributed by atoms with E-state index in [0.29, 0.717) is 0 Å². The topological polar surface area (TPSA) is 12.9 Å². The highest BCUT2D eigenvalue weighted by molar-refractivity contribution is 7.14. The van der Waals surface area contributed by atoms with E-state index in [-0.39, 0.29) is 0 Å². The van der Waals surface area contributed by atoms with Gasteiger partial charge < -0.3 is 0 Å². The first-order chi connectivity index (χ1) is 7.83. The molecule has 0 saturated carbocycles. The summed E-state index contributed by atoms with van der Waals surface area (Å²) < 4.78 is 0. The van der Waals surface area contributed by atoms with Gasteiger partial charge in [-0.2, -0.15) is 0 Å². The number of thiazole rings is 1. The van der Waals surface area contributed by atoms with Crippen LogP contribution in [0, 0.1) is 6.92 Å². The SMILES string of the molecule is Cc1cnc(-c2ccc3ccccc3c2)s1. The fourth-order valence-corrected chi connectivity index (χ4v) is 2.57. The minimum Gasteiger partial charge on any atom is -0.244 e. The molecule has 1 aromatic heterocycles. The molecular formula is C14H11NS. The van der Waals surface area contributed by atoms with Crippen LogP contribution in [0.5, 0.6) is 0 Å². The summed E-state index contributed by atoms with van der Waals surface area (Å²) in [7, 11) is 0. The predicted molar refractivity (Wildman–Crippen MR) is 69.8 cm³/mol. The zero-order valence-electron chi connectivity index (χ0n) is 8.97. The van der Waals surface area contributed by atoms with Gasteiger partial charge in [0.25, 0.3) is 0 Å². The lowest BCUT2D eigenvalue weighted by molar-refractivity contribution is 1.38. The number of fused-ring (bicyclic) bond motifs is 1. The first-order valence-electron chi connectivity index (χ1n) is 5.24. The standard InChI is InChI=1S/C14H11NS/c1-10-9-15-14(16-10)13-7-6-11-4-2-3-5-12(11)8-13/h2-9H,1H3. The Kier molecular flexibility index (Phi) is 2.22. The summed E-state index contributed by atoms with van der Waals surface area (Å²) in [6, 6.07) is 14.9. The van der Waals surface area contributed by atoms with Crippen molar-refractivity contribution in [2.75, 3.05) is 0 Å². The lowest BCUT2D eigenvalue weighted by Crippen LogP contribution is -1.76. The highest BCUT2D eigenvalue weighted by Gasteiger charge is 2.02. The molecule has 0 bridgehead atoms. The van der Waals surface area contributed by atoms with Gasteiger partial charge in [-0.05, 0) is 23.8 Å². The second-order valence-electron chi connectivity index (χ2n) is 3.84. The van der Waals surface area contributed by atoms with Crippen molar-refractivity contribution in [3.05, 3.63) is 53.5 Å². The summed E-state index contributed by atoms with van der Waals surface area (Å²) >= 11 is 1.74. The Hall–Kier alpha value is -1.67. The molecule has 0 aliphatic heterocycles. The van der Waals surface area contributed by atoms with Gasteiger partial charge in [0.1, 0.15) is 5.01 Å². The Morgan fingerprint density at radius 3 is 2.56 bits per heavy atom. The Labute approximate surface area is 98.4 Å². The fourth-order valence-electron chi connectivity index (χ4n) is 1.81. The minimum absolute atomic E-state index is 1.10. The van der Waals surface area contributed by atoms with Crippen molar-refractivity contribution in [3.8, 4) is 10.6 Å². The van der Waals surface area contributed by atoms with E-state index in [2.05, 4.69) is 54.4 Å². The first kappa shape index (κ1) is 9.55. The number of aryl methyl sites for hydroxylation is 1. The second kappa shape index (κ2) is 3.72. The fraction of sp³-hybridized carbons (Fsp3) is 0.0714. The summed E-state index contributed by atoms with van der Waals surface area (Å²) in [5.74, 6) is 0. The van der Waals surface area contributed by atoms with Gasteiger partial charge in [0.15, 0.2) is 0 Å².